The van der Waals surface area contributed by atoms with E-state index < -0.39 is 0 Å². The van der Waals surface area contributed by atoms with Gasteiger partial charge in [-0.25, -0.2) is 4.99 Å². The second-order valence-corrected chi connectivity index (χ2v) is 7.62. The van der Waals surface area contributed by atoms with E-state index in [0.717, 1.165) is 57.7 Å². The quantitative estimate of drug-likeness (QED) is 0.517. The normalized spacial score (nSPS) is 12.9. The van der Waals surface area contributed by atoms with Crippen LogP contribution in [0.25, 0.3) is 28.5 Å². The summed E-state index contributed by atoms with van der Waals surface area (Å²) in [5, 5.41) is 13.1. The maximum Gasteiger partial charge on any atom is 0.141 e. The summed E-state index contributed by atoms with van der Waals surface area (Å²) in [5.41, 5.74) is 7.03. The first-order valence-corrected chi connectivity index (χ1v) is 9.96. The minimum Gasteiger partial charge on any atom is -0.506 e. The van der Waals surface area contributed by atoms with Gasteiger partial charge in [-0.1, -0.05) is 49.2 Å². The van der Waals surface area contributed by atoms with E-state index in [4.69, 9.17) is 16.6 Å². The highest BCUT2D eigenvalue weighted by Gasteiger charge is 2.25. The number of benzene rings is 3. The lowest BCUT2D eigenvalue weighted by atomic mass is 9.90. The average Bonchev–Trinajstić information content (AvgIpc) is 3.33. The number of phenols is 1. The number of hydrogen-bond acceptors (Lipinski definition) is 3. The fourth-order valence-corrected chi connectivity index (χ4v) is 4.34. The Morgan fingerprint density at radius 3 is 2.71 bits per heavy atom. The third-order valence-electron chi connectivity index (χ3n) is 5.49. The van der Waals surface area contributed by atoms with Gasteiger partial charge in [-0.3, -0.25) is 4.99 Å². The maximum atomic E-state index is 10.5. The first kappa shape index (κ1) is 17.2. The van der Waals surface area contributed by atoms with Crippen LogP contribution in [0.3, 0.4) is 0 Å². The molecule has 0 spiro atoms. The van der Waals surface area contributed by atoms with Crippen molar-refractivity contribution in [1.29, 1.82) is 0 Å². The van der Waals surface area contributed by atoms with Gasteiger partial charge in [0.05, 0.1) is 5.36 Å². The lowest BCUT2D eigenvalue weighted by Gasteiger charge is -2.13. The third kappa shape index (κ3) is 2.50. The number of aromatic hydroxyl groups is 1. The Balaban J connectivity index is 1.83. The van der Waals surface area contributed by atoms with Gasteiger partial charge in [0, 0.05) is 44.9 Å². The van der Waals surface area contributed by atoms with Crippen molar-refractivity contribution >= 4 is 29.7 Å². The molecule has 0 bridgehead atoms. The molecule has 0 aromatic heterocycles. The molecule has 5 rings (SSSR count). The number of unbranched alkanes of at least 4 members (excludes halogenated alkanes) is 1. The number of nitrogens with zero attached hydrogens (tertiary/aromatic N) is 2. The van der Waals surface area contributed by atoms with Gasteiger partial charge < -0.3 is 5.11 Å². The monoisotopic (exact) mass is 386 g/mol. The van der Waals surface area contributed by atoms with Crippen LogP contribution in [-0.4, -0.2) is 11.3 Å². The summed E-state index contributed by atoms with van der Waals surface area (Å²) in [7, 11) is 0. The second-order valence-electron chi connectivity index (χ2n) is 7.22. The topological polar surface area (TPSA) is 45.0 Å². The van der Waals surface area contributed by atoms with Crippen molar-refractivity contribution in [3.05, 3.63) is 69.2 Å². The van der Waals surface area contributed by atoms with Gasteiger partial charge in [-0.05, 0) is 42.2 Å². The van der Waals surface area contributed by atoms with E-state index in [1.807, 2.05) is 42.7 Å². The van der Waals surface area contributed by atoms with E-state index in [2.05, 4.69) is 18.0 Å². The largest absolute Gasteiger partial charge is 0.506 e. The molecule has 4 heteroatoms. The molecule has 138 valence electrons. The predicted molar refractivity (Wildman–Crippen MR) is 115 cm³/mol. The zero-order chi connectivity index (χ0) is 19.3. The fraction of sp³-hybridized carbons (Fsp3) is 0.167. The van der Waals surface area contributed by atoms with E-state index in [1.54, 1.807) is 6.07 Å². The van der Waals surface area contributed by atoms with E-state index in [-0.39, 0.29) is 5.75 Å². The Kier molecular flexibility index (Phi) is 4.06. The molecule has 0 atom stereocenters. The van der Waals surface area contributed by atoms with Crippen molar-refractivity contribution in [3.63, 3.8) is 0 Å². The molecular weight excluding hydrogens is 368 g/mol. The smallest absolute Gasteiger partial charge is 0.141 e. The van der Waals surface area contributed by atoms with Crippen LogP contribution in [0.5, 0.6) is 5.75 Å². The van der Waals surface area contributed by atoms with Crippen LogP contribution < -0.4 is 10.6 Å². The molecular formula is C24H19ClN2O. The fourth-order valence-electron chi connectivity index (χ4n) is 4.10. The van der Waals surface area contributed by atoms with Crippen LogP contribution in [-0.2, 0) is 6.42 Å². The first-order valence-electron chi connectivity index (χ1n) is 9.58. The molecule has 3 nitrogen and oxygen atoms in total. The molecule has 0 saturated heterocycles. The average molecular weight is 387 g/mol. The minimum atomic E-state index is 0.221. The van der Waals surface area contributed by atoms with Crippen molar-refractivity contribution in [2.75, 3.05) is 0 Å². The molecule has 0 saturated carbocycles. The van der Waals surface area contributed by atoms with E-state index >= 15 is 0 Å². The summed E-state index contributed by atoms with van der Waals surface area (Å²) in [5.74, 6) is 0.221. The number of fused-ring (bicyclic) bond motifs is 5. The van der Waals surface area contributed by atoms with Gasteiger partial charge in [0.25, 0.3) is 0 Å². The SMILES string of the molecule is CCCCc1ccc(O)c2c1-c1cc(-c3ccccc3Cl)c3c(c1=N2)=CN=C3. The van der Waals surface area contributed by atoms with Crippen LogP contribution in [0.2, 0.25) is 5.02 Å². The standard InChI is InChI=1S/C24H19ClN2O/c1-2-3-6-14-9-10-21(28)24-22(14)17-11-16(15-7-4-5-8-20(15)25)18-12-26-13-19(18)23(17)27-24/h4-5,7-13,28H,2-3,6H2,1H3. The highest BCUT2D eigenvalue weighted by molar-refractivity contribution is 6.33. The summed E-state index contributed by atoms with van der Waals surface area (Å²) in [6, 6.07) is 13.8. The summed E-state index contributed by atoms with van der Waals surface area (Å²) < 4.78 is 0. The third-order valence-corrected chi connectivity index (χ3v) is 5.82. The van der Waals surface area contributed by atoms with Gasteiger partial charge in [-0.2, -0.15) is 0 Å². The Hall–Kier alpha value is -2.91. The molecule has 0 radical (unpaired) electrons. The van der Waals surface area contributed by atoms with E-state index in [0.29, 0.717) is 10.7 Å². The number of phenolic OH excluding ortho intramolecular Hbond substituents is 1. The molecule has 28 heavy (non-hydrogen) atoms. The lowest BCUT2D eigenvalue weighted by Crippen LogP contribution is -2.28. The van der Waals surface area contributed by atoms with Crippen LogP contribution in [0.1, 0.15) is 30.9 Å². The Morgan fingerprint density at radius 2 is 1.89 bits per heavy atom. The van der Waals surface area contributed by atoms with Gasteiger partial charge in [0.1, 0.15) is 11.4 Å². The number of hydrogen-bond donors (Lipinski definition) is 1. The molecule has 2 aliphatic heterocycles. The van der Waals surface area contributed by atoms with Gasteiger partial charge in [0.15, 0.2) is 0 Å². The lowest BCUT2D eigenvalue weighted by molar-refractivity contribution is 0.477. The molecule has 0 amide bonds. The number of halogens is 1. The Bertz CT molecular complexity index is 1270. The minimum absolute atomic E-state index is 0.221. The second kappa shape index (κ2) is 6.61. The number of rotatable bonds is 4. The van der Waals surface area contributed by atoms with Crippen LogP contribution in [0, 0.1) is 0 Å². The van der Waals surface area contributed by atoms with E-state index in [9.17, 15) is 5.11 Å². The van der Waals surface area contributed by atoms with Crippen molar-refractivity contribution in [2.24, 2.45) is 9.98 Å². The molecule has 3 aromatic rings. The number of aryl methyl sites for hydroxylation is 1. The van der Waals surface area contributed by atoms with Crippen molar-refractivity contribution in [3.8, 4) is 28.0 Å². The van der Waals surface area contributed by atoms with Crippen molar-refractivity contribution in [1.82, 2.24) is 0 Å². The van der Waals surface area contributed by atoms with Gasteiger partial charge in [-0.15, -0.1) is 0 Å². The van der Waals surface area contributed by atoms with Gasteiger partial charge >= 0.3 is 0 Å². The molecule has 2 aliphatic rings. The molecule has 0 unspecified atom stereocenters. The highest BCUT2D eigenvalue weighted by Crippen LogP contribution is 2.44. The predicted octanol–water partition coefficient (Wildman–Crippen LogP) is 5.16. The van der Waals surface area contributed by atoms with Crippen LogP contribution in [0.15, 0.2) is 52.4 Å². The highest BCUT2D eigenvalue weighted by atomic mass is 35.5. The summed E-state index contributed by atoms with van der Waals surface area (Å²) in [6.45, 7) is 2.19. The Morgan fingerprint density at radius 1 is 1.04 bits per heavy atom. The molecule has 2 heterocycles. The van der Waals surface area contributed by atoms with Gasteiger partial charge in [0.2, 0.25) is 0 Å². The Labute approximate surface area is 168 Å². The van der Waals surface area contributed by atoms with Crippen molar-refractivity contribution < 1.29 is 5.11 Å². The molecule has 0 aliphatic carbocycles. The van der Waals surface area contributed by atoms with Crippen molar-refractivity contribution in [2.45, 2.75) is 26.2 Å². The number of aliphatic imine (C=N–C) groups is 1. The summed E-state index contributed by atoms with van der Waals surface area (Å²) in [4.78, 5) is 9.20. The van der Waals surface area contributed by atoms with Crippen LogP contribution in [0.4, 0.5) is 5.69 Å². The summed E-state index contributed by atoms with van der Waals surface area (Å²) in [6.07, 6.45) is 6.91. The molecule has 0 fully saturated rings. The summed E-state index contributed by atoms with van der Waals surface area (Å²) >= 11 is 6.52. The molecule has 3 aromatic carbocycles. The zero-order valence-corrected chi connectivity index (χ0v) is 16.3. The first-order chi connectivity index (χ1) is 13.7. The maximum absolute atomic E-state index is 10.5. The van der Waals surface area contributed by atoms with E-state index in [1.165, 1.54) is 5.56 Å². The van der Waals surface area contributed by atoms with Crippen LogP contribution >= 0.6 is 11.6 Å². The molecule has 1 N–H and O–H groups in total. The zero-order valence-electron chi connectivity index (χ0n) is 15.5.